The monoisotopic (exact) mass is 680 g/mol. The van der Waals surface area contributed by atoms with Gasteiger partial charge in [-0.05, 0) is 45.8 Å². The van der Waals surface area contributed by atoms with Gasteiger partial charge in [0.05, 0.1) is 9.75 Å². The second kappa shape index (κ2) is 9.43. The third-order valence-electron chi connectivity index (χ3n) is 7.94. The van der Waals surface area contributed by atoms with Crippen LogP contribution >= 0.6 is 68.0 Å². The first-order valence-electron chi connectivity index (χ1n) is 13.6. The number of aromatic nitrogens is 2. The van der Waals surface area contributed by atoms with Crippen LogP contribution in [-0.4, -0.2) is 9.97 Å². The first-order valence-corrected chi connectivity index (χ1v) is 18.5. The molecule has 0 saturated carbocycles. The molecule has 4 aromatic carbocycles. The summed E-state index contributed by atoms with van der Waals surface area (Å²) in [5, 5.41) is 10.3. The third-order valence-corrected chi connectivity index (χ3v) is 14.8. The molecule has 0 aliphatic heterocycles. The van der Waals surface area contributed by atoms with Gasteiger partial charge in [0.25, 0.3) is 0 Å². The maximum Gasteiger partial charge on any atom is 0.177 e. The van der Waals surface area contributed by atoms with Crippen molar-refractivity contribution < 1.29 is 8.78 Å². The van der Waals surface area contributed by atoms with Crippen molar-refractivity contribution in [3.63, 3.8) is 0 Å². The largest absolute Gasteiger partial charge is 0.241 e. The predicted molar refractivity (Wildman–Crippen MR) is 191 cm³/mol. The van der Waals surface area contributed by atoms with Crippen LogP contribution in [-0.2, 0) is 0 Å². The fourth-order valence-corrected chi connectivity index (χ4v) is 12.2. The highest BCUT2D eigenvalue weighted by Gasteiger charge is 2.17. The Bertz CT molecular complexity index is 2580. The van der Waals surface area contributed by atoms with Gasteiger partial charge >= 0.3 is 0 Å². The van der Waals surface area contributed by atoms with Crippen molar-refractivity contribution >= 4 is 130 Å². The van der Waals surface area contributed by atoms with Crippen molar-refractivity contribution in [1.29, 1.82) is 0 Å². The van der Waals surface area contributed by atoms with Gasteiger partial charge in [-0.15, -0.1) is 68.0 Å². The fraction of sp³-hybridized carbons (Fsp3) is 0. The fourth-order valence-electron chi connectivity index (χ4n) is 5.95. The van der Waals surface area contributed by atoms with E-state index in [2.05, 4.69) is 48.5 Å². The van der Waals surface area contributed by atoms with Gasteiger partial charge in [-0.2, -0.15) is 8.78 Å². The summed E-state index contributed by atoms with van der Waals surface area (Å²) in [5.74, 6) is 0. The molecule has 6 heterocycles. The highest BCUT2D eigenvalue weighted by molar-refractivity contribution is 7.30. The molecule has 0 fully saturated rings. The van der Waals surface area contributed by atoms with Gasteiger partial charge in [0.15, 0.2) is 20.3 Å². The maximum atomic E-state index is 14.0. The lowest BCUT2D eigenvalue weighted by atomic mass is 10.1. The number of rotatable bonds is 3. The van der Waals surface area contributed by atoms with Crippen molar-refractivity contribution in [3.05, 3.63) is 95.5 Å². The van der Waals surface area contributed by atoms with E-state index in [1.165, 1.54) is 52.6 Å². The van der Waals surface area contributed by atoms with Gasteiger partial charge in [-0.25, -0.2) is 9.97 Å². The number of hydrogen-bond donors (Lipinski definition) is 0. The number of halogens is 2. The second-order valence-electron chi connectivity index (χ2n) is 10.5. The molecule has 10 heteroatoms. The molecular formula is C34H14F2N2S6. The highest BCUT2D eigenvalue weighted by atomic mass is 32.1. The van der Waals surface area contributed by atoms with E-state index in [1.807, 2.05) is 24.5 Å². The first kappa shape index (κ1) is 25.7. The Kier molecular flexibility index (Phi) is 5.50. The Labute approximate surface area is 271 Å². The summed E-state index contributed by atoms with van der Waals surface area (Å²) in [6, 6.07) is 24.4. The molecule has 0 unspecified atom stereocenters. The minimum absolute atomic E-state index is 0.152. The van der Waals surface area contributed by atoms with Crippen LogP contribution in [0.1, 0.15) is 0 Å². The predicted octanol–water partition coefficient (Wildman–Crippen LogP) is 13.0. The zero-order chi connectivity index (χ0) is 29.1. The van der Waals surface area contributed by atoms with Crippen LogP contribution in [0.2, 0.25) is 0 Å². The standard InChI is InChI=1S/C34H14F2N2S6/c35-27-11-17-3-7-19-21(31(17)43-27)5-1-15-9-23(39-29(15)19)25-13-37-33(41-25)34-38-14-26(42-34)24-10-16-2-6-22-20(30(16)40-24)8-4-18-12-28(36)44-32(18)22/h1-14H. The van der Waals surface area contributed by atoms with Crippen molar-refractivity contribution in [2.24, 2.45) is 0 Å². The van der Waals surface area contributed by atoms with Crippen LogP contribution in [0, 0.1) is 10.3 Å². The lowest BCUT2D eigenvalue weighted by molar-refractivity contribution is 0.658. The first-order chi connectivity index (χ1) is 21.6. The Balaban J connectivity index is 1.01. The van der Waals surface area contributed by atoms with Gasteiger partial charge in [0.2, 0.25) is 0 Å². The number of hydrogen-bond acceptors (Lipinski definition) is 8. The minimum atomic E-state index is -0.152. The van der Waals surface area contributed by atoms with E-state index in [9.17, 15) is 8.78 Å². The summed E-state index contributed by atoms with van der Waals surface area (Å²) in [5.41, 5.74) is 0. The van der Waals surface area contributed by atoms with E-state index in [-0.39, 0.29) is 10.3 Å². The molecule has 10 aromatic rings. The maximum absolute atomic E-state index is 14.0. The normalized spacial score (nSPS) is 12.3. The van der Waals surface area contributed by atoms with Gasteiger partial charge in [0, 0.05) is 62.5 Å². The molecule has 2 nitrogen and oxygen atoms in total. The summed E-state index contributed by atoms with van der Waals surface area (Å²) in [6.07, 6.45) is 3.89. The van der Waals surface area contributed by atoms with E-state index in [0.29, 0.717) is 0 Å². The number of thiophene rings is 4. The van der Waals surface area contributed by atoms with Gasteiger partial charge in [-0.3, -0.25) is 0 Å². The molecule has 210 valence electrons. The Morgan fingerprint density at radius 3 is 1.16 bits per heavy atom. The SMILES string of the molecule is Fc1cc2ccc3c(ccc4cc(-c5cnc(-c6ncc(-c7cc8ccc9c(ccc%10cc(F)sc%109)c8s7)s6)s5)sc43)c2s1. The van der Waals surface area contributed by atoms with Crippen LogP contribution in [0.15, 0.2) is 85.2 Å². The highest BCUT2D eigenvalue weighted by Crippen LogP contribution is 2.46. The Morgan fingerprint density at radius 1 is 0.386 bits per heavy atom. The molecular weight excluding hydrogens is 667 g/mol. The lowest BCUT2D eigenvalue weighted by Gasteiger charge is -2.00. The van der Waals surface area contributed by atoms with E-state index in [4.69, 9.17) is 9.97 Å². The summed E-state index contributed by atoms with van der Waals surface area (Å²) < 4.78 is 32.4. The van der Waals surface area contributed by atoms with Crippen molar-refractivity contribution in [1.82, 2.24) is 9.97 Å². The molecule has 0 aliphatic rings. The van der Waals surface area contributed by atoms with Crippen molar-refractivity contribution in [3.8, 4) is 29.5 Å². The summed E-state index contributed by atoms with van der Waals surface area (Å²) in [7, 11) is 0. The third kappa shape index (κ3) is 3.82. The summed E-state index contributed by atoms with van der Waals surface area (Å²) >= 11 is 9.25. The van der Waals surface area contributed by atoms with Crippen molar-refractivity contribution in [2.75, 3.05) is 0 Å². The average Bonchev–Trinajstić information content (AvgIpc) is 3.86. The molecule has 44 heavy (non-hydrogen) atoms. The van der Waals surface area contributed by atoms with Crippen LogP contribution in [0.3, 0.4) is 0 Å². The zero-order valence-corrected chi connectivity index (χ0v) is 27.1. The van der Waals surface area contributed by atoms with E-state index >= 15 is 0 Å². The number of thiazole rings is 2. The average molecular weight is 681 g/mol. The van der Waals surface area contributed by atoms with Gasteiger partial charge in [-0.1, -0.05) is 48.5 Å². The number of fused-ring (bicyclic) bond motifs is 10. The Morgan fingerprint density at radius 2 is 0.750 bits per heavy atom. The molecule has 0 N–H and O–H groups in total. The van der Waals surface area contributed by atoms with E-state index in [0.717, 1.165) is 61.5 Å². The van der Waals surface area contributed by atoms with Crippen molar-refractivity contribution in [2.45, 2.75) is 0 Å². The van der Waals surface area contributed by atoms with E-state index < -0.39 is 0 Å². The molecule has 0 saturated heterocycles. The lowest BCUT2D eigenvalue weighted by Crippen LogP contribution is -1.72. The quantitative estimate of drug-likeness (QED) is 0.186. The van der Waals surface area contributed by atoms with Crippen LogP contribution in [0.5, 0.6) is 0 Å². The minimum Gasteiger partial charge on any atom is -0.241 e. The van der Waals surface area contributed by atoms with Crippen LogP contribution in [0.25, 0.3) is 91.4 Å². The molecule has 0 spiro atoms. The van der Waals surface area contributed by atoms with E-state index in [1.54, 1.807) is 57.5 Å². The molecule has 6 aromatic heterocycles. The molecule has 10 rings (SSSR count). The summed E-state index contributed by atoms with van der Waals surface area (Å²) in [4.78, 5) is 14.1. The Hall–Kier alpha value is -3.64. The van der Waals surface area contributed by atoms with Crippen LogP contribution < -0.4 is 0 Å². The molecule has 0 radical (unpaired) electrons. The number of benzene rings is 4. The molecule has 0 bridgehead atoms. The van der Waals surface area contributed by atoms with Gasteiger partial charge < -0.3 is 0 Å². The molecule has 0 atom stereocenters. The second-order valence-corrected chi connectivity index (χ2v) is 16.7. The van der Waals surface area contributed by atoms with Gasteiger partial charge in [0.1, 0.15) is 0 Å². The summed E-state index contributed by atoms with van der Waals surface area (Å²) in [6.45, 7) is 0. The zero-order valence-electron chi connectivity index (χ0n) is 22.2. The topological polar surface area (TPSA) is 25.8 Å². The van der Waals surface area contributed by atoms with Crippen LogP contribution in [0.4, 0.5) is 8.78 Å². The number of nitrogens with zero attached hydrogens (tertiary/aromatic N) is 2. The molecule has 0 amide bonds. The smallest absolute Gasteiger partial charge is 0.177 e. The molecule has 0 aliphatic carbocycles.